The highest BCUT2D eigenvalue weighted by Gasteiger charge is 2.38. The number of fused-ring (bicyclic) bond motifs is 1. The van der Waals surface area contributed by atoms with Gasteiger partial charge in [-0.3, -0.25) is 4.79 Å². The molecular weight excluding hydrogens is 480 g/mol. The van der Waals surface area contributed by atoms with Crippen molar-refractivity contribution in [3.8, 4) is 5.75 Å². The fourth-order valence-electron chi connectivity index (χ4n) is 4.51. The maximum absolute atomic E-state index is 12.9. The number of hydrogen-bond acceptors (Lipinski definition) is 2. The lowest BCUT2D eigenvalue weighted by atomic mass is 9.68. The number of esters is 1. The highest BCUT2D eigenvalue weighted by Crippen LogP contribution is 2.46. The van der Waals surface area contributed by atoms with Crippen molar-refractivity contribution in [2.75, 3.05) is 0 Å². The molecule has 0 spiro atoms. The second kappa shape index (κ2) is 8.54. The number of hydrogen-bond donors (Lipinski definition) is 0. The summed E-state index contributed by atoms with van der Waals surface area (Å²) >= 11 is 7.12. The third-order valence-corrected chi connectivity index (χ3v) is 7.30. The molecule has 4 rings (SSSR count). The molecule has 0 N–H and O–H groups in total. The second-order valence-corrected chi connectivity index (χ2v) is 9.45. The Balaban J connectivity index is 1.55. The third kappa shape index (κ3) is 3.86. The molecule has 0 amide bonds. The monoisotopic (exact) mass is 502 g/mol. The minimum absolute atomic E-state index is 0.138. The van der Waals surface area contributed by atoms with Crippen LogP contribution in [0.3, 0.4) is 0 Å². The number of carbonyl (C=O) groups is 1. The number of carbonyl (C=O) groups excluding carboxylic acids is 1. The summed E-state index contributed by atoms with van der Waals surface area (Å²) in [6.45, 7) is 2.02. The maximum Gasteiger partial charge on any atom is 0.319 e. The van der Waals surface area contributed by atoms with Crippen LogP contribution in [0, 0.1) is 11.8 Å². The van der Waals surface area contributed by atoms with Gasteiger partial charge in [-0.05, 0) is 82.6 Å². The van der Waals surface area contributed by atoms with Crippen LogP contribution in [0.25, 0.3) is 10.8 Å². The fraction of sp³-hybridized carbons (Fsp3) is 0.375. The molecule has 0 aliphatic heterocycles. The zero-order valence-corrected chi connectivity index (χ0v) is 19.2. The van der Waals surface area contributed by atoms with E-state index in [4.69, 9.17) is 4.74 Å². The van der Waals surface area contributed by atoms with Gasteiger partial charge < -0.3 is 4.74 Å². The van der Waals surface area contributed by atoms with E-state index in [0.717, 1.165) is 26.1 Å². The van der Waals surface area contributed by atoms with Gasteiger partial charge in [-0.2, -0.15) is 0 Å². The van der Waals surface area contributed by atoms with Crippen LogP contribution in [0.5, 0.6) is 5.75 Å². The molecule has 0 saturated heterocycles. The molecular formula is C24H24Br2O2. The van der Waals surface area contributed by atoms with Crippen LogP contribution in [0.2, 0.25) is 0 Å². The summed E-state index contributed by atoms with van der Waals surface area (Å²) in [4.78, 5) is 12.9. The van der Waals surface area contributed by atoms with E-state index in [2.05, 4.69) is 44.0 Å². The summed E-state index contributed by atoms with van der Waals surface area (Å²) in [5.74, 6) is 0.964. The number of allylic oxidation sites excluding steroid dienone is 3. The van der Waals surface area contributed by atoms with E-state index < -0.39 is 0 Å². The Hall–Kier alpha value is -1.39. The molecule has 0 unspecified atom stereocenters. The number of benzene rings is 2. The molecule has 2 aromatic carbocycles. The summed E-state index contributed by atoms with van der Waals surface area (Å²) in [7, 11) is 0. The first-order valence-electron chi connectivity index (χ1n) is 10.0. The van der Waals surface area contributed by atoms with Gasteiger partial charge >= 0.3 is 5.97 Å². The van der Waals surface area contributed by atoms with Gasteiger partial charge in [0.25, 0.3) is 0 Å². The van der Waals surface area contributed by atoms with Gasteiger partial charge in [0.05, 0.1) is 10.4 Å². The highest BCUT2D eigenvalue weighted by molar-refractivity contribution is 9.11. The zero-order valence-electron chi connectivity index (χ0n) is 16.0. The standard InChI is InChI=1S/C24H24Br2O2/c1-2-6-19-20(15-7-4-3-5-8-15)14-21(19)24(27)28-22-12-9-16-13-17(25)10-11-18(16)23(22)26/h2,6,9-13,15,21H,3-5,7-8,14H2,1H3/b6-2+/t21-/m0/s1. The second-order valence-electron chi connectivity index (χ2n) is 7.74. The lowest BCUT2D eigenvalue weighted by Gasteiger charge is -2.37. The first-order chi connectivity index (χ1) is 13.6. The highest BCUT2D eigenvalue weighted by atomic mass is 79.9. The number of ether oxygens (including phenoxy) is 1. The minimum Gasteiger partial charge on any atom is -0.425 e. The molecule has 28 heavy (non-hydrogen) atoms. The predicted octanol–water partition coefficient (Wildman–Crippen LogP) is 7.74. The summed E-state index contributed by atoms with van der Waals surface area (Å²) in [6.07, 6.45) is 11.5. The van der Waals surface area contributed by atoms with Crippen molar-refractivity contribution >= 4 is 48.6 Å². The van der Waals surface area contributed by atoms with E-state index >= 15 is 0 Å². The molecule has 4 heteroatoms. The molecule has 2 aromatic rings. The van der Waals surface area contributed by atoms with E-state index in [9.17, 15) is 4.79 Å². The molecule has 0 aromatic heterocycles. The van der Waals surface area contributed by atoms with Gasteiger partial charge in [0, 0.05) is 4.47 Å². The first-order valence-corrected chi connectivity index (χ1v) is 11.6. The van der Waals surface area contributed by atoms with Crippen LogP contribution in [0.1, 0.15) is 45.4 Å². The Morgan fingerprint density at radius 3 is 2.64 bits per heavy atom. The van der Waals surface area contributed by atoms with Crippen molar-refractivity contribution in [3.63, 3.8) is 0 Å². The predicted molar refractivity (Wildman–Crippen MR) is 122 cm³/mol. The molecule has 2 aliphatic rings. The van der Waals surface area contributed by atoms with Crippen molar-refractivity contribution in [1.29, 1.82) is 0 Å². The molecule has 1 atom stereocenters. The van der Waals surface area contributed by atoms with E-state index in [-0.39, 0.29) is 11.9 Å². The summed E-state index contributed by atoms with van der Waals surface area (Å²) in [5, 5.41) is 2.13. The first kappa shape index (κ1) is 19.9. The van der Waals surface area contributed by atoms with E-state index in [0.29, 0.717) is 11.7 Å². The average molecular weight is 504 g/mol. The fourth-order valence-corrected chi connectivity index (χ4v) is 5.46. The molecule has 0 radical (unpaired) electrons. The molecule has 2 aliphatic carbocycles. The smallest absolute Gasteiger partial charge is 0.319 e. The van der Waals surface area contributed by atoms with Crippen molar-refractivity contribution in [2.24, 2.45) is 11.8 Å². The van der Waals surface area contributed by atoms with Crippen molar-refractivity contribution in [3.05, 3.63) is 62.6 Å². The molecule has 2 nitrogen and oxygen atoms in total. The van der Waals surface area contributed by atoms with E-state index in [1.54, 1.807) is 0 Å². The minimum atomic E-state index is -0.148. The summed E-state index contributed by atoms with van der Waals surface area (Å²) < 4.78 is 7.69. The molecule has 1 saturated carbocycles. The molecule has 146 valence electrons. The van der Waals surface area contributed by atoms with Gasteiger partial charge in [-0.25, -0.2) is 0 Å². The SMILES string of the molecule is C/C=C/C1=C(C2CCCCC2)C[C@@H]1C(=O)Oc1ccc2cc(Br)ccc2c1Br. The Kier molecular flexibility index (Phi) is 6.07. The zero-order chi connectivity index (χ0) is 19.7. The van der Waals surface area contributed by atoms with Gasteiger partial charge in [-0.1, -0.05) is 65.1 Å². The van der Waals surface area contributed by atoms with Crippen LogP contribution in [0.15, 0.2) is 62.6 Å². The van der Waals surface area contributed by atoms with Gasteiger partial charge in [0.1, 0.15) is 5.75 Å². The van der Waals surface area contributed by atoms with Crippen LogP contribution < -0.4 is 4.74 Å². The normalized spacial score (nSPS) is 20.6. The third-order valence-electron chi connectivity index (χ3n) is 5.99. The van der Waals surface area contributed by atoms with E-state index in [1.165, 1.54) is 43.3 Å². The van der Waals surface area contributed by atoms with Crippen LogP contribution >= 0.6 is 31.9 Å². The Morgan fingerprint density at radius 1 is 1.11 bits per heavy atom. The summed E-state index contributed by atoms with van der Waals surface area (Å²) in [6, 6.07) is 9.94. The van der Waals surface area contributed by atoms with Crippen LogP contribution in [-0.4, -0.2) is 5.97 Å². The van der Waals surface area contributed by atoms with Crippen molar-refractivity contribution in [1.82, 2.24) is 0 Å². The van der Waals surface area contributed by atoms with Gasteiger partial charge in [0.2, 0.25) is 0 Å². The Labute approximate surface area is 183 Å². The lowest BCUT2D eigenvalue weighted by molar-refractivity contribution is -0.138. The maximum atomic E-state index is 12.9. The number of halogens is 2. The lowest BCUT2D eigenvalue weighted by Crippen LogP contribution is -2.33. The largest absolute Gasteiger partial charge is 0.425 e. The van der Waals surface area contributed by atoms with Crippen molar-refractivity contribution in [2.45, 2.75) is 45.4 Å². The van der Waals surface area contributed by atoms with Gasteiger partial charge in [0.15, 0.2) is 0 Å². The quantitative estimate of drug-likeness (QED) is 0.315. The number of rotatable bonds is 4. The summed E-state index contributed by atoms with van der Waals surface area (Å²) in [5.41, 5.74) is 2.68. The van der Waals surface area contributed by atoms with E-state index in [1.807, 2.05) is 37.3 Å². The average Bonchev–Trinajstić information content (AvgIpc) is 2.68. The topological polar surface area (TPSA) is 26.3 Å². The van der Waals surface area contributed by atoms with Crippen molar-refractivity contribution < 1.29 is 9.53 Å². The molecule has 0 bridgehead atoms. The van der Waals surface area contributed by atoms with Crippen LogP contribution in [0.4, 0.5) is 0 Å². The van der Waals surface area contributed by atoms with Gasteiger partial charge in [-0.15, -0.1) is 0 Å². The molecule has 0 heterocycles. The Morgan fingerprint density at radius 2 is 1.89 bits per heavy atom. The molecule has 1 fully saturated rings. The van der Waals surface area contributed by atoms with Crippen LogP contribution in [-0.2, 0) is 4.79 Å². The Bertz CT molecular complexity index is 968.